The third-order valence-electron chi connectivity index (χ3n) is 7.34. The lowest BCUT2D eigenvalue weighted by atomic mass is 9.97. The van der Waals surface area contributed by atoms with Crippen LogP contribution in [-0.2, 0) is 22.7 Å². The Hall–Kier alpha value is -2.59. The van der Waals surface area contributed by atoms with E-state index in [9.17, 15) is 14.3 Å². The van der Waals surface area contributed by atoms with Crippen LogP contribution in [-0.4, -0.2) is 65.8 Å². The Labute approximate surface area is 221 Å². The molecule has 0 aliphatic carbocycles. The van der Waals surface area contributed by atoms with Gasteiger partial charge in [0.15, 0.2) is 0 Å². The third kappa shape index (κ3) is 6.46. The first-order valence-electron chi connectivity index (χ1n) is 12.9. The van der Waals surface area contributed by atoms with Crippen LogP contribution in [0.15, 0.2) is 41.8 Å². The number of aliphatic carboxylic acids is 1. The van der Waals surface area contributed by atoms with Crippen LogP contribution in [0.3, 0.4) is 0 Å². The number of benzene rings is 2. The van der Waals surface area contributed by atoms with E-state index in [0.29, 0.717) is 30.8 Å². The molecule has 0 amide bonds. The zero-order valence-corrected chi connectivity index (χ0v) is 21.9. The van der Waals surface area contributed by atoms with Crippen molar-refractivity contribution in [2.45, 2.75) is 38.4 Å². The van der Waals surface area contributed by atoms with Crippen LogP contribution >= 0.6 is 11.8 Å². The fourth-order valence-corrected chi connectivity index (χ4v) is 6.10. The molecule has 37 heavy (non-hydrogen) atoms. The Kier molecular flexibility index (Phi) is 8.34. The summed E-state index contributed by atoms with van der Waals surface area (Å²) < 4.78 is 25.9. The predicted molar refractivity (Wildman–Crippen MR) is 142 cm³/mol. The van der Waals surface area contributed by atoms with Crippen molar-refractivity contribution in [3.8, 4) is 5.75 Å². The number of ether oxygens (including phenoxy) is 2. The minimum atomic E-state index is -0.714. The molecule has 2 N–H and O–H groups in total. The Bertz CT molecular complexity index is 1150. The van der Waals surface area contributed by atoms with Crippen LogP contribution in [0, 0.1) is 18.7 Å². The Morgan fingerprint density at radius 3 is 2.68 bits per heavy atom. The van der Waals surface area contributed by atoms with Crippen LogP contribution in [0.4, 0.5) is 4.39 Å². The highest BCUT2D eigenvalue weighted by Crippen LogP contribution is 2.36. The number of nitrogens with one attached hydrogen (secondary N) is 1. The predicted octanol–water partition coefficient (Wildman–Crippen LogP) is 4.26. The average molecular weight is 528 g/mol. The van der Waals surface area contributed by atoms with E-state index >= 15 is 0 Å². The van der Waals surface area contributed by atoms with Crippen molar-refractivity contribution in [3.63, 3.8) is 0 Å². The molecule has 9 heteroatoms. The van der Waals surface area contributed by atoms with Crippen LogP contribution in [0.1, 0.15) is 35.1 Å². The molecule has 3 aliphatic heterocycles. The minimum absolute atomic E-state index is 0.00196. The number of carboxylic acids is 1. The number of halogens is 1. The summed E-state index contributed by atoms with van der Waals surface area (Å²) in [5.41, 5.74) is 5.07. The van der Waals surface area contributed by atoms with E-state index in [4.69, 9.17) is 9.47 Å². The summed E-state index contributed by atoms with van der Waals surface area (Å²) in [6.45, 7) is 8.35. The van der Waals surface area contributed by atoms with Gasteiger partial charge in [-0.2, -0.15) is 0 Å². The summed E-state index contributed by atoms with van der Waals surface area (Å²) in [4.78, 5) is 15.9. The third-order valence-corrected chi connectivity index (χ3v) is 8.38. The molecule has 5 rings (SSSR count). The second-order valence-electron chi connectivity index (χ2n) is 9.89. The first-order valence-corrected chi connectivity index (χ1v) is 13.8. The number of likely N-dealkylation sites (tertiary alicyclic amines) is 1. The first kappa shape index (κ1) is 26.0. The number of carboxylic acid groups (broad SMARTS) is 1. The van der Waals surface area contributed by atoms with Gasteiger partial charge in [-0.1, -0.05) is 30.0 Å². The zero-order valence-electron chi connectivity index (χ0n) is 21.1. The molecule has 2 aromatic rings. The van der Waals surface area contributed by atoms with Gasteiger partial charge in [-0.15, -0.1) is 0 Å². The van der Waals surface area contributed by atoms with Crippen molar-refractivity contribution in [3.05, 3.63) is 69.9 Å². The molecule has 0 aromatic heterocycles. The standard InChI is InChI=1S/C28H34FN3O4S/c1-19-14-20(16-31-10-12-35-13-11-31)2-3-22(19)17-36-26-5-4-23(29)15-24(26)25-18-37-28(30-25)32-8-6-21(7-9-32)27(33)34/h2-5,14-15,18,21,28,30H,6-13,16-17H2,1H3,(H,33,34). The van der Waals surface area contributed by atoms with Crippen LogP contribution in [0.5, 0.6) is 5.75 Å². The summed E-state index contributed by atoms with van der Waals surface area (Å²) in [6, 6.07) is 11.1. The fraction of sp³-hybridized carbons (Fsp3) is 0.464. The molecule has 2 aromatic carbocycles. The van der Waals surface area contributed by atoms with Crippen molar-refractivity contribution < 1.29 is 23.8 Å². The van der Waals surface area contributed by atoms with Crippen LogP contribution in [0.25, 0.3) is 5.70 Å². The highest BCUT2D eigenvalue weighted by atomic mass is 32.2. The van der Waals surface area contributed by atoms with Gasteiger partial charge in [-0.25, -0.2) is 4.39 Å². The molecule has 3 heterocycles. The summed E-state index contributed by atoms with van der Waals surface area (Å²) in [6.07, 6.45) is 1.28. The van der Waals surface area contributed by atoms with Gasteiger partial charge >= 0.3 is 5.97 Å². The lowest BCUT2D eigenvalue weighted by molar-refractivity contribution is -0.143. The number of thioether (sulfide) groups is 1. The molecule has 2 fully saturated rings. The van der Waals surface area contributed by atoms with Crippen molar-refractivity contribution in [2.24, 2.45) is 5.92 Å². The molecule has 0 bridgehead atoms. The van der Waals surface area contributed by atoms with E-state index in [1.54, 1.807) is 17.8 Å². The van der Waals surface area contributed by atoms with Crippen molar-refractivity contribution >= 4 is 23.4 Å². The molecule has 1 atom stereocenters. The number of aryl methyl sites for hydroxylation is 1. The highest BCUT2D eigenvalue weighted by Gasteiger charge is 2.31. The van der Waals surface area contributed by atoms with Crippen molar-refractivity contribution in [1.29, 1.82) is 0 Å². The van der Waals surface area contributed by atoms with E-state index < -0.39 is 5.97 Å². The second kappa shape index (κ2) is 11.9. The normalized spacial score (nSPS) is 21.5. The van der Waals surface area contributed by atoms with Crippen molar-refractivity contribution in [1.82, 2.24) is 15.1 Å². The van der Waals surface area contributed by atoms with Gasteiger partial charge in [-0.3, -0.25) is 14.6 Å². The van der Waals surface area contributed by atoms with Crippen molar-refractivity contribution in [2.75, 3.05) is 39.4 Å². The second-order valence-corrected chi connectivity index (χ2v) is 10.8. The van der Waals surface area contributed by atoms with Crippen LogP contribution < -0.4 is 10.1 Å². The van der Waals surface area contributed by atoms with Crippen LogP contribution in [0.2, 0.25) is 0 Å². The Balaban J connectivity index is 1.21. The molecule has 3 aliphatic rings. The van der Waals surface area contributed by atoms with E-state index in [-0.39, 0.29) is 17.2 Å². The maximum absolute atomic E-state index is 14.2. The summed E-state index contributed by atoms with van der Waals surface area (Å²) in [5.74, 6) is -0.670. The largest absolute Gasteiger partial charge is 0.488 e. The van der Waals surface area contributed by atoms with Gasteiger partial charge in [0.1, 0.15) is 23.7 Å². The van der Waals surface area contributed by atoms with E-state index in [0.717, 1.165) is 57.2 Å². The first-order chi connectivity index (χ1) is 18.0. The number of hydrogen-bond acceptors (Lipinski definition) is 7. The molecule has 2 saturated heterocycles. The van der Waals surface area contributed by atoms with E-state index in [1.807, 2.05) is 5.41 Å². The number of morpholine rings is 1. The number of carbonyl (C=O) groups is 1. The number of piperidine rings is 1. The Morgan fingerprint density at radius 1 is 1.16 bits per heavy atom. The number of rotatable bonds is 8. The minimum Gasteiger partial charge on any atom is -0.488 e. The summed E-state index contributed by atoms with van der Waals surface area (Å²) in [5, 5.41) is 14.8. The maximum atomic E-state index is 14.2. The van der Waals surface area contributed by atoms with E-state index in [1.165, 1.54) is 23.3 Å². The topological polar surface area (TPSA) is 74.3 Å². The monoisotopic (exact) mass is 527 g/mol. The number of hydrogen-bond donors (Lipinski definition) is 2. The smallest absolute Gasteiger partial charge is 0.306 e. The van der Waals surface area contributed by atoms with Gasteiger partial charge in [0.05, 0.1) is 24.8 Å². The lowest BCUT2D eigenvalue weighted by Gasteiger charge is -2.34. The van der Waals surface area contributed by atoms with Gasteiger partial charge in [0, 0.05) is 38.3 Å². The molecule has 0 radical (unpaired) electrons. The highest BCUT2D eigenvalue weighted by molar-refractivity contribution is 8.03. The van der Waals surface area contributed by atoms with Gasteiger partial charge in [0.2, 0.25) is 0 Å². The quantitative estimate of drug-likeness (QED) is 0.528. The SMILES string of the molecule is Cc1cc(CN2CCOCC2)ccc1COc1ccc(F)cc1C1=CSC(N2CCC(C(=O)O)CC2)N1. The molecule has 1 unspecified atom stereocenters. The molecular formula is C28H34FN3O4S. The van der Waals surface area contributed by atoms with Gasteiger partial charge < -0.3 is 19.9 Å². The zero-order chi connectivity index (χ0) is 25.8. The molecule has 7 nitrogen and oxygen atoms in total. The molecule has 0 spiro atoms. The molecule has 198 valence electrons. The average Bonchev–Trinajstić information content (AvgIpc) is 3.40. The maximum Gasteiger partial charge on any atom is 0.306 e. The summed E-state index contributed by atoms with van der Waals surface area (Å²) in [7, 11) is 0. The number of nitrogens with zero attached hydrogens (tertiary/aromatic N) is 2. The van der Waals surface area contributed by atoms with Gasteiger partial charge in [-0.05, 0) is 60.1 Å². The summed E-state index contributed by atoms with van der Waals surface area (Å²) >= 11 is 1.62. The fourth-order valence-electron chi connectivity index (χ4n) is 5.06. The molecular weight excluding hydrogens is 493 g/mol. The molecule has 0 saturated carbocycles. The lowest BCUT2D eigenvalue weighted by Crippen LogP contribution is -2.45. The van der Waals surface area contributed by atoms with E-state index in [2.05, 4.69) is 40.2 Å². The Morgan fingerprint density at radius 2 is 1.95 bits per heavy atom. The van der Waals surface area contributed by atoms with Gasteiger partial charge in [0.25, 0.3) is 0 Å².